The maximum absolute atomic E-state index is 13.0. The van der Waals surface area contributed by atoms with Crippen LogP contribution in [0.3, 0.4) is 0 Å². The van der Waals surface area contributed by atoms with Crippen molar-refractivity contribution in [3.63, 3.8) is 0 Å². The van der Waals surface area contributed by atoms with Gasteiger partial charge in [0.1, 0.15) is 0 Å². The van der Waals surface area contributed by atoms with Crippen LogP contribution in [0.15, 0.2) is 30.4 Å². The number of esters is 2. The summed E-state index contributed by atoms with van der Waals surface area (Å²) in [5.41, 5.74) is -3.27. The molecule has 0 unspecified atom stereocenters. The number of carbonyl (C=O) groups excluding carboxylic acids is 2. The molecule has 1 aromatic carbocycles. The molecule has 1 saturated heterocycles. The number of hydrogen-bond acceptors (Lipinski definition) is 3. The summed E-state index contributed by atoms with van der Waals surface area (Å²) >= 11 is 0. The van der Waals surface area contributed by atoms with E-state index in [0.29, 0.717) is 12.1 Å². The third-order valence-electron chi connectivity index (χ3n) is 4.32. The zero-order valence-corrected chi connectivity index (χ0v) is 12.3. The summed E-state index contributed by atoms with van der Waals surface area (Å²) in [6.45, 7) is 0. The quantitative estimate of drug-likeness (QED) is 0.326. The molecule has 1 aromatic rings. The van der Waals surface area contributed by atoms with Gasteiger partial charge in [-0.05, 0) is 30.2 Å². The minimum Gasteiger partial charge on any atom is -0.393 e. The first-order chi connectivity index (χ1) is 11.5. The van der Waals surface area contributed by atoms with E-state index >= 15 is 0 Å². The SMILES string of the molecule is O=C1OC(=O)[C@H]2CC=C[C@H](c3cc(C(F)(F)F)cc(C(F)(F)F)c3)[C@@H]12. The van der Waals surface area contributed by atoms with E-state index in [-0.39, 0.29) is 18.1 Å². The van der Waals surface area contributed by atoms with Gasteiger partial charge in [0.2, 0.25) is 0 Å². The van der Waals surface area contributed by atoms with Crippen LogP contribution in [0.25, 0.3) is 0 Å². The van der Waals surface area contributed by atoms with Crippen LogP contribution in [0.2, 0.25) is 0 Å². The number of cyclic esters (lactones) is 2. The molecule has 3 rings (SSSR count). The van der Waals surface area contributed by atoms with Crippen LogP contribution in [-0.2, 0) is 26.7 Å². The van der Waals surface area contributed by atoms with Crippen LogP contribution < -0.4 is 0 Å². The Balaban J connectivity index is 2.13. The molecule has 2 aliphatic rings. The van der Waals surface area contributed by atoms with E-state index in [1.165, 1.54) is 12.2 Å². The van der Waals surface area contributed by atoms with Crippen molar-refractivity contribution in [2.75, 3.05) is 0 Å². The summed E-state index contributed by atoms with van der Waals surface area (Å²) < 4.78 is 82.4. The Morgan fingerprint density at radius 1 is 0.880 bits per heavy atom. The predicted molar refractivity (Wildman–Crippen MR) is 71.0 cm³/mol. The molecule has 0 aromatic heterocycles. The number of halogens is 6. The van der Waals surface area contributed by atoms with Crippen LogP contribution >= 0.6 is 0 Å². The molecular formula is C16H10F6O3. The summed E-state index contributed by atoms with van der Waals surface area (Å²) in [6, 6.07) is 1.16. The zero-order valence-electron chi connectivity index (χ0n) is 12.3. The molecule has 25 heavy (non-hydrogen) atoms. The normalized spacial score (nSPS) is 26.6. The number of alkyl halides is 6. The number of hydrogen-bond donors (Lipinski definition) is 0. The molecule has 9 heteroatoms. The largest absolute Gasteiger partial charge is 0.416 e. The van der Waals surface area contributed by atoms with Gasteiger partial charge in [0.15, 0.2) is 0 Å². The second-order valence-corrected chi connectivity index (χ2v) is 5.90. The minimum absolute atomic E-state index is 0.0195. The summed E-state index contributed by atoms with van der Waals surface area (Å²) in [7, 11) is 0. The average molecular weight is 364 g/mol. The molecule has 0 radical (unpaired) electrons. The maximum Gasteiger partial charge on any atom is 0.416 e. The predicted octanol–water partition coefficient (Wildman–Crippen LogP) is 4.08. The fraction of sp³-hybridized carbons (Fsp3) is 0.375. The molecule has 1 aliphatic heterocycles. The van der Waals surface area contributed by atoms with Crippen LogP contribution in [0.5, 0.6) is 0 Å². The van der Waals surface area contributed by atoms with Gasteiger partial charge < -0.3 is 4.74 Å². The smallest absolute Gasteiger partial charge is 0.393 e. The number of rotatable bonds is 1. The number of allylic oxidation sites excluding steroid dienone is 2. The summed E-state index contributed by atoms with van der Waals surface area (Å²) in [6.07, 6.45) is -7.02. The number of fused-ring (bicyclic) bond motifs is 1. The monoisotopic (exact) mass is 364 g/mol. The van der Waals surface area contributed by atoms with Crippen molar-refractivity contribution in [3.8, 4) is 0 Å². The van der Waals surface area contributed by atoms with Crippen LogP contribution in [-0.4, -0.2) is 11.9 Å². The van der Waals surface area contributed by atoms with Crippen LogP contribution in [0, 0.1) is 11.8 Å². The van der Waals surface area contributed by atoms with Gasteiger partial charge in [0, 0.05) is 5.92 Å². The third-order valence-corrected chi connectivity index (χ3v) is 4.32. The van der Waals surface area contributed by atoms with Crippen molar-refractivity contribution >= 4 is 11.9 Å². The highest BCUT2D eigenvalue weighted by atomic mass is 19.4. The van der Waals surface area contributed by atoms with Crippen molar-refractivity contribution in [1.29, 1.82) is 0 Å². The molecule has 1 heterocycles. The standard InChI is InChI=1S/C16H10F6O3/c17-15(18,19)8-4-7(5-9(6-8)16(20,21)22)10-2-1-3-11-12(10)14(24)25-13(11)23/h1-2,4-6,10-12H,3H2/t10-,11+,12-/m1/s1. The second kappa shape index (κ2) is 5.60. The molecule has 1 aliphatic carbocycles. The van der Waals surface area contributed by atoms with Gasteiger partial charge in [-0.15, -0.1) is 0 Å². The molecule has 3 nitrogen and oxygen atoms in total. The molecular weight excluding hydrogens is 354 g/mol. The van der Waals surface area contributed by atoms with E-state index in [1.54, 1.807) is 0 Å². The highest BCUT2D eigenvalue weighted by Crippen LogP contribution is 2.45. The first-order valence-corrected chi connectivity index (χ1v) is 7.20. The number of ether oxygens (including phenoxy) is 1. The van der Waals surface area contributed by atoms with E-state index in [9.17, 15) is 35.9 Å². The Morgan fingerprint density at radius 3 is 1.96 bits per heavy atom. The van der Waals surface area contributed by atoms with E-state index in [0.717, 1.165) is 0 Å². The lowest BCUT2D eigenvalue weighted by molar-refractivity contribution is -0.154. The van der Waals surface area contributed by atoms with Crippen molar-refractivity contribution in [3.05, 3.63) is 47.0 Å². The van der Waals surface area contributed by atoms with Crippen LogP contribution in [0.1, 0.15) is 29.0 Å². The molecule has 0 N–H and O–H groups in total. The lowest BCUT2D eigenvalue weighted by Gasteiger charge is -2.26. The van der Waals surface area contributed by atoms with Crippen molar-refractivity contribution in [2.45, 2.75) is 24.7 Å². The molecule has 134 valence electrons. The van der Waals surface area contributed by atoms with Gasteiger partial charge >= 0.3 is 24.3 Å². The van der Waals surface area contributed by atoms with Crippen molar-refractivity contribution < 1.29 is 40.7 Å². The lowest BCUT2D eigenvalue weighted by Crippen LogP contribution is -2.27. The summed E-state index contributed by atoms with van der Waals surface area (Å²) in [5.74, 6) is -4.86. The topological polar surface area (TPSA) is 43.4 Å². The molecule has 0 spiro atoms. The van der Waals surface area contributed by atoms with E-state index < -0.39 is 53.2 Å². The highest BCUT2D eigenvalue weighted by molar-refractivity contribution is 5.97. The Bertz CT molecular complexity index is 730. The molecule has 1 fully saturated rings. The van der Waals surface area contributed by atoms with Gasteiger partial charge in [0.05, 0.1) is 23.0 Å². The Morgan fingerprint density at radius 2 is 1.44 bits per heavy atom. The van der Waals surface area contributed by atoms with E-state index in [2.05, 4.69) is 4.74 Å². The van der Waals surface area contributed by atoms with Gasteiger partial charge in [-0.25, -0.2) is 0 Å². The van der Waals surface area contributed by atoms with Gasteiger partial charge in [-0.2, -0.15) is 26.3 Å². The third kappa shape index (κ3) is 3.14. The van der Waals surface area contributed by atoms with E-state index in [4.69, 9.17) is 0 Å². The fourth-order valence-corrected chi connectivity index (χ4v) is 3.17. The number of benzene rings is 1. The van der Waals surface area contributed by atoms with Crippen molar-refractivity contribution in [1.82, 2.24) is 0 Å². The first-order valence-electron chi connectivity index (χ1n) is 7.20. The summed E-state index contributed by atoms with van der Waals surface area (Å²) in [5, 5.41) is 0. The Hall–Kier alpha value is -2.32. The highest BCUT2D eigenvalue weighted by Gasteiger charge is 2.49. The second-order valence-electron chi connectivity index (χ2n) is 5.90. The van der Waals surface area contributed by atoms with E-state index in [1.807, 2.05) is 0 Å². The van der Waals surface area contributed by atoms with Gasteiger partial charge in [0.25, 0.3) is 0 Å². The molecule has 0 saturated carbocycles. The lowest BCUT2D eigenvalue weighted by atomic mass is 9.74. The molecule has 3 atom stereocenters. The molecule has 0 amide bonds. The maximum atomic E-state index is 13.0. The zero-order chi connectivity index (χ0) is 18.6. The number of carbonyl (C=O) groups is 2. The molecule has 0 bridgehead atoms. The Labute approximate surface area is 137 Å². The fourth-order valence-electron chi connectivity index (χ4n) is 3.17. The first kappa shape index (κ1) is 17.5. The minimum atomic E-state index is -4.99. The average Bonchev–Trinajstić information content (AvgIpc) is 2.80. The Kier molecular flexibility index (Phi) is 3.92. The van der Waals surface area contributed by atoms with Crippen molar-refractivity contribution in [2.24, 2.45) is 11.8 Å². The van der Waals surface area contributed by atoms with Gasteiger partial charge in [-0.3, -0.25) is 9.59 Å². The van der Waals surface area contributed by atoms with Crippen LogP contribution in [0.4, 0.5) is 26.3 Å². The van der Waals surface area contributed by atoms with Gasteiger partial charge in [-0.1, -0.05) is 12.2 Å². The summed E-state index contributed by atoms with van der Waals surface area (Å²) in [4.78, 5) is 23.5.